The van der Waals surface area contributed by atoms with Crippen LogP contribution in [0.1, 0.15) is 51.0 Å². The molecule has 1 N–H and O–H groups in total. The van der Waals surface area contributed by atoms with E-state index in [0.29, 0.717) is 0 Å². The van der Waals surface area contributed by atoms with Gasteiger partial charge in [-0.15, -0.1) is 0 Å². The number of hydrogen-bond donors (Lipinski definition) is 1. The molecule has 1 heterocycles. The molecule has 0 spiro atoms. The van der Waals surface area contributed by atoms with Gasteiger partial charge in [-0.2, -0.15) is 0 Å². The third-order valence-electron chi connectivity index (χ3n) is 4.10. The van der Waals surface area contributed by atoms with E-state index in [1.165, 1.54) is 44.1 Å². The fraction of sp³-hybridized carbons (Fsp3) is 0.625. The number of hydrogen-bond acceptors (Lipinski definition) is 1. The highest BCUT2D eigenvalue weighted by molar-refractivity contribution is 9.10. The van der Waals surface area contributed by atoms with Crippen molar-refractivity contribution in [3.63, 3.8) is 0 Å². The van der Waals surface area contributed by atoms with Gasteiger partial charge in [0.2, 0.25) is 0 Å². The van der Waals surface area contributed by atoms with E-state index in [1.807, 2.05) is 6.07 Å². The molecule has 0 aliphatic carbocycles. The molecule has 1 aliphatic heterocycles. The van der Waals surface area contributed by atoms with Crippen molar-refractivity contribution in [1.82, 2.24) is 5.32 Å². The molecule has 2 rings (SSSR count). The minimum atomic E-state index is 0.253. The highest BCUT2D eigenvalue weighted by Gasteiger charge is 2.30. The lowest BCUT2D eigenvalue weighted by Gasteiger charge is -2.34. The Balaban J connectivity index is 2.19. The van der Waals surface area contributed by atoms with Crippen LogP contribution in [0.5, 0.6) is 0 Å². The molecule has 1 unspecified atom stereocenters. The highest BCUT2D eigenvalue weighted by Crippen LogP contribution is 2.31. The lowest BCUT2D eigenvalue weighted by molar-refractivity contribution is 0.288. The highest BCUT2D eigenvalue weighted by atomic mass is 79.9. The predicted molar refractivity (Wildman–Crippen MR) is 87.0 cm³/mol. The number of benzene rings is 1. The summed E-state index contributed by atoms with van der Waals surface area (Å²) in [5.74, 6) is 0. The average molecular weight is 345 g/mol. The molecule has 1 nitrogen and oxygen atoms in total. The van der Waals surface area contributed by atoms with Gasteiger partial charge in [-0.25, -0.2) is 0 Å². The van der Waals surface area contributed by atoms with Crippen LogP contribution in [-0.2, 0) is 6.42 Å². The number of nitrogens with one attached hydrogen (secondary N) is 1. The molecule has 1 aromatic rings. The molecular formula is C16H23BrClN. The Morgan fingerprint density at radius 2 is 2.16 bits per heavy atom. The molecule has 1 atom stereocenters. The maximum absolute atomic E-state index is 6.39. The van der Waals surface area contributed by atoms with Gasteiger partial charge < -0.3 is 5.32 Å². The Bertz CT molecular complexity index is 411. The monoisotopic (exact) mass is 343 g/mol. The van der Waals surface area contributed by atoms with Crippen LogP contribution in [0.15, 0.2) is 22.7 Å². The largest absolute Gasteiger partial charge is 0.311 e. The molecule has 1 fully saturated rings. The first-order chi connectivity index (χ1) is 9.15. The minimum Gasteiger partial charge on any atom is -0.311 e. The second-order valence-electron chi connectivity index (χ2n) is 5.68. The summed E-state index contributed by atoms with van der Waals surface area (Å²) in [5, 5.41) is 4.70. The maximum Gasteiger partial charge on any atom is 0.0449 e. The summed E-state index contributed by atoms with van der Waals surface area (Å²) >= 11 is 9.87. The van der Waals surface area contributed by atoms with Gasteiger partial charge in [0, 0.05) is 15.0 Å². The Morgan fingerprint density at radius 1 is 1.32 bits per heavy atom. The first-order valence-electron chi connectivity index (χ1n) is 7.34. The van der Waals surface area contributed by atoms with Gasteiger partial charge in [0.1, 0.15) is 0 Å². The zero-order chi connectivity index (χ0) is 13.7. The number of rotatable bonds is 4. The molecule has 0 bridgehead atoms. The number of halogens is 2. The van der Waals surface area contributed by atoms with Crippen LogP contribution in [0.3, 0.4) is 0 Å². The Morgan fingerprint density at radius 3 is 2.89 bits per heavy atom. The zero-order valence-corrected chi connectivity index (χ0v) is 14.0. The second kappa shape index (κ2) is 7.10. The summed E-state index contributed by atoms with van der Waals surface area (Å²) < 4.78 is 1.06. The van der Waals surface area contributed by atoms with Crippen molar-refractivity contribution in [3.8, 4) is 0 Å². The Kier molecular flexibility index (Phi) is 5.73. The van der Waals surface area contributed by atoms with Crippen molar-refractivity contribution in [3.05, 3.63) is 33.3 Å². The van der Waals surface area contributed by atoms with Gasteiger partial charge in [0.25, 0.3) is 0 Å². The lowest BCUT2D eigenvalue weighted by atomic mass is 9.83. The van der Waals surface area contributed by atoms with Crippen molar-refractivity contribution in [1.29, 1.82) is 0 Å². The second-order valence-corrected chi connectivity index (χ2v) is 7.00. The van der Waals surface area contributed by atoms with Crippen LogP contribution < -0.4 is 5.32 Å². The first kappa shape index (κ1) is 15.3. The van der Waals surface area contributed by atoms with E-state index in [1.54, 1.807) is 0 Å². The van der Waals surface area contributed by atoms with E-state index in [9.17, 15) is 0 Å². The molecule has 0 amide bonds. The fourth-order valence-electron chi connectivity index (χ4n) is 3.17. The van der Waals surface area contributed by atoms with Crippen LogP contribution in [0.2, 0.25) is 5.02 Å². The van der Waals surface area contributed by atoms with E-state index in [-0.39, 0.29) is 5.54 Å². The van der Waals surface area contributed by atoms with E-state index < -0.39 is 0 Å². The zero-order valence-electron chi connectivity index (χ0n) is 11.6. The topological polar surface area (TPSA) is 12.0 Å². The fourth-order valence-corrected chi connectivity index (χ4v) is 3.91. The summed E-state index contributed by atoms with van der Waals surface area (Å²) in [6.07, 6.45) is 8.77. The summed E-state index contributed by atoms with van der Waals surface area (Å²) in [6.45, 7) is 3.42. The van der Waals surface area contributed by atoms with Gasteiger partial charge >= 0.3 is 0 Å². The van der Waals surface area contributed by atoms with E-state index in [4.69, 9.17) is 11.6 Å². The van der Waals surface area contributed by atoms with Gasteiger partial charge in [-0.3, -0.25) is 0 Å². The molecule has 0 saturated carbocycles. The standard InChI is InChI=1S/C16H23BrClN/c1-2-8-16(9-4-3-5-10-19-16)12-13-6-7-14(17)11-15(13)18/h6-7,11,19H,2-5,8-10,12H2,1H3. The molecular weight excluding hydrogens is 322 g/mol. The van der Waals surface area contributed by atoms with Crippen LogP contribution in [0.4, 0.5) is 0 Å². The predicted octanol–water partition coefficient (Wildman–Crippen LogP) is 5.35. The summed E-state index contributed by atoms with van der Waals surface area (Å²) in [5.41, 5.74) is 1.52. The van der Waals surface area contributed by atoms with Crippen molar-refractivity contribution < 1.29 is 0 Å². The smallest absolute Gasteiger partial charge is 0.0449 e. The quantitative estimate of drug-likeness (QED) is 0.776. The maximum atomic E-state index is 6.39. The molecule has 1 aliphatic rings. The van der Waals surface area contributed by atoms with E-state index in [2.05, 4.69) is 40.3 Å². The van der Waals surface area contributed by atoms with E-state index in [0.717, 1.165) is 22.5 Å². The summed E-state index contributed by atoms with van der Waals surface area (Å²) in [6, 6.07) is 6.27. The summed E-state index contributed by atoms with van der Waals surface area (Å²) in [4.78, 5) is 0. The van der Waals surface area contributed by atoms with Crippen molar-refractivity contribution >= 4 is 27.5 Å². The van der Waals surface area contributed by atoms with Gasteiger partial charge in [0.05, 0.1) is 0 Å². The molecule has 1 aromatic carbocycles. The van der Waals surface area contributed by atoms with Crippen LogP contribution in [0, 0.1) is 0 Å². The van der Waals surface area contributed by atoms with Gasteiger partial charge in [0.15, 0.2) is 0 Å². The normalized spacial score (nSPS) is 24.2. The van der Waals surface area contributed by atoms with Crippen LogP contribution in [0.25, 0.3) is 0 Å². The third kappa shape index (κ3) is 4.21. The van der Waals surface area contributed by atoms with Gasteiger partial charge in [-0.1, -0.05) is 59.8 Å². The Hall–Kier alpha value is -0.0500. The van der Waals surface area contributed by atoms with E-state index >= 15 is 0 Å². The third-order valence-corrected chi connectivity index (χ3v) is 4.95. The molecule has 106 valence electrons. The lowest BCUT2D eigenvalue weighted by Crippen LogP contribution is -2.46. The van der Waals surface area contributed by atoms with Crippen LogP contribution in [-0.4, -0.2) is 12.1 Å². The van der Waals surface area contributed by atoms with Gasteiger partial charge in [-0.05, 0) is 49.9 Å². The van der Waals surface area contributed by atoms with Crippen molar-refractivity contribution in [2.75, 3.05) is 6.54 Å². The Labute approximate surface area is 130 Å². The molecule has 1 saturated heterocycles. The minimum absolute atomic E-state index is 0.253. The van der Waals surface area contributed by atoms with Crippen molar-refractivity contribution in [2.45, 2.75) is 57.4 Å². The molecule has 0 radical (unpaired) electrons. The summed E-state index contributed by atoms with van der Waals surface area (Å²) in [7, 11) is 0. The molecule has 19 heavy (non-hydrogen) atoms. The van der Waals surface area contributed by atoms with Crippen LogP contribution >= 0.6 is 27.5 Å². The average Bonchev–Trinajstić information content (AvgIpc) is 2.59. The van der Waals surface area contributed by atoms with Crippen molar-refractivity contribution in [2.24, 2.45) is 0 Å². The SMILES string of the molecule is CCCC1(Cc2ccc(Br)cc2Cl)CCCCCN1. The first-order valence-corrected chi connectivity index (χ1v) is 8.51. The molecule has 0 aromatic heterocycles. The molecule has 3 heteroatoms.